The molecule has 0 nitrogen and oxygen atoms in total. The Balaban J connectivity index is 0. The van der Waals surface area contributed by atoms with Crippen LogP contribution in [-0.4, -0.2) is 23.9 Å². The SMILES string of the molecule is CC1=CC=C=CC1.CC1=CC=C=CC1.CC1=CC=C=CC1.[I-].[Sn]. The van der Waals surface area contributed by atoms with E-state index >= 15 is 0 Å². The van der Waals surface area contributed by atoms with E-state index in [0.29, 0.717) is 0 Å². The molecule has 3 rings (SSSR count). The summed E-state index contributed by atoms with van der Waals surface area (Å²) in [6, 6.07) is 0. The van der Waals surface area contributed by atoms with E-state index in [2.05, 4.69) is 56.2 Å². The molecule has 23 heavy (non-hydrogen) atoms. The van der Waals surface area contributed by atoms with Crippen LogP contribution in [0.15, 0.2) is 88.6 Å². The molecule has 0 saturated heterocycles. The van der Waals surface area contributed by atoms with Gasteiger partial charge in [0.25, 0.3) is 0 Å². The van der Waals surface area contributed by atoms with Crippen LogP contribution in [0.3, 0.4) is 0 Å². The van der Waals surface area contributed by atoms with Crippen molar-refractivity contribution in [2.24, 2.45) is 0 Å². The number of hydrogen-bond acceptors (Lipinski definition) is 0. The molecular weight excluding hydrogens is 498 g/mol. The summed E-state index contributed by atoms with van der Waals surface area (Å²) in [4.78, 5) is 0. The van der Waals surface area contributed by atoms with Crippen molar-refractivity contribution in [1.82, 2.24) is 0 Å². The number of allylic oxidation sites excluding steroid dienone is 9. The van der Waals surface area contributed by atoms with E-state index in [0.717, 1.165) is 19.3 Å². The Morgan fingerprint density at radius 1 is 0.609 bits per heavy atom. The summed E-state index contributed by atoms with van der Waals surface area (Å²) in [5, 5.41) is 0. The second-order valence-corrected chi connectivity index (χ2v) is 5.26. The van der Waals surface area contributed by atoms with Gasteiger partial charge in [0.1, 0.15) is 0 Å². The molecule has 120 valence electrons. The summed E-state index contributed by atoms with van der Waals surface area (Å²) in [5.41, 5.74) is 13.2. The van der Waals surface area contributed by atoms with E-state index in [9.17, 15) is 0 Å². The van der Waals surface area contributed by atoms with Gasteiger partial charge in [-0.3, -0.25) is 0 Å². The van der Waals surface area contributed by atoms with E-state index in [1.165, 1.54) is 16.7 Å². The van der Waals surface area contributed by atoms with Gasteiger partial charge in [0.2, 0.25) is 0 Å². The van der Waals surface area contributed by atoms with Crippen LogP contribution in [-0.2, 0) is 0 Å². The van der Waals surface area contributed by atoms with Crippen molar-refractivity contribution in [2.45, 2.75) is 40.0 Å². The van der Waals surface area contributed by atoms with Gasteiger partial charge in [-0.05, 0) is 76.5 Å². The first kappa shape index (κ1) is 24.6. The maximum atomic E-state index is 2.99. The smallest absolute Gasteiger partial charge is 0 e. The molecule has 0 aliphatic heterocycles. The Morgan fingerprint density at radius 2 is 0.870 bits per heavy atom. The number of halogens is 1. The molecule has 0 unspecified atom stereocenters. The monoisotopic (exact) mass is 523 g/mol. The fourth-order valence-electron chi connectivity index (χ4n) is 1.64. The van der Waals surface area contributed by atoms with Crippen molar-refractivity contribution in [2.75, 3.05) is 0 Å². The summed E-state index contributed by atoms with van der Waals surface area (Å²) < 4.78 is 0. The van der Waals surface area contributed by atoms with Gasteiger partial charge in [-0.1, -0.05) is 34.9 Å². The predicted molar refractivity (Wildman–Crippen MR) is 98.8 cm³/mol. The third-order valence-electron chi connectivity index (χ3n) is 3.02. The average Bonchev–Trinajstić information content (AvgIpc) is 2.51. The normalized spacial score (nSPS) is 15.5. The maximum absolute atomic E-state index is 2.99. The molecule has 0 spiro atoms. The Bertz CT molecular complexity index is 532. The van der Waals surface area contributed by atoms with Crippen LogP contribution in [0.1, 0.15) is 40.0 Å². The Hall–Kier alpha value is -0.691. The third kappa shape index (κ3) is 14.6. The van der Waals surface area contributed by atoms with Gasteiger partial charge in [0.15, 0.2) is 0 Å². The molecule has 0 saturated carbocycles. The number of hydrogen-bond donors (Lipinski definition) is 0. The van der Waals surface area contributed by atoms with E-state index < -0.39 is 0 Å². The Labute approximate surface area is 175 Å². The van der Waals surface area contributed by atoms with Gasteiger partial charge in [-0.2, -0.15) is 0 Å². The van der Waals surface area contributed by atoms with Crippen molar-refractivity contribution in [3.8, 4) is 0 Å². The molecule has 0 N–H and O–H groups in total. The van der Waals surface area contributed by atoms with Crippen LogP contribution in [0.2, 0.25) is 0 Å². The van der Waals surface area contributed by atoms with Gasteiger partial charge < -0.3 is 24.0 Å². The van der Waals surface area contributed by atoms with Crippen molar-refractivity contribution < 1.29 is 24.0 Å². The van der Waals surface area contributed by atoms with Crippen LogP contribution in [0, 0.1) is 0 Å². The van der Waals surface area contributed by atoms with Crippen LogP contribution < -0.4 is 24.0 Å². The first-order chi connectivity index (χ1) is 10.2. The van der Waals surface area contributed by atoms with Crippen LogP contribution in [0.25, 0.3) is 0 Å². The molecule has 0 fully saturated rings. The van der Waals surface area contributed by atoms with E-state index in [4.69, 9.17) is 0 Å². The van der Waals surface area contributed by atoms with Crippen molar-refractivity contribution in [3.05, 3.63) is 88.6 Å². The topological polar surface area (TPSA) is 0 Å². The molecule has 0 aromatic rings. The molecule has 0 atom stereocenters. The van der Waals surface area contributed by atoms with Gasteiger partial charge in [-0.15, -0.1) is 17.2 Å². The molecule has 0 aromatic heterocycles. The molecular formula is C21H24ISn-. The van der Waals surface area contributed by atoms with Gasteiger partial charge in [0, 0.05) is 23.9 Å². The molecule has 0 aromatic carbocycles. The summed E-state index contributed by atoms with van der Waals surface area (Å²) in [6.07, 6.45) is 21.4. The van der Waals surface area contributed by atoms with Crippen molar-refractivity contribution in [3.63, 3.8) is 0 Å². The second kappa shape index (κ2) is 16.2. The molecule has 0 amide bonds. The Morgan fingerprint density at radius 3 is 0.957 bits per heavy atom. The fraction of sp³-hybridized carbons (Fsp3) is 0.286. The predicted octanol–water partition coefficient (Wildman–Crippen LogP) is 2.77. The number of rotatable bonds is 0. The van der Waals surface area contributed by atoms with E-state index in [1.54, 1.807) is 0 Å². The average molecular weight is 522 g/mol. The van der Waals surface area contributed by atoms with Crippen molar-refractivity contribution in [1.29, 1.82) is 0 Å². The summed E-state index contributed by atoms with van der Waals surface area (Å²) in [6.45, 7) is 6.36. The van der Waals surface area contributed by atoms with Gasteiger partial charge in [0.05, 0.1) is 0 Å². The van der Waals surface area contributed by atoms with Gasteiger partial charge in [-0.25, -0.2) is 0 Å². The van der Waals surface area contributed by atoms with Crippen LogP contribution in [0.4, 0.5) is 0 Å². The van der Waals surface area contributed by atoms with E-state index in [-0.39, 0.29) is 47.9 Å². The van der Waals surface area contributed by atoms with Crippen LogP contribution >= 0.6 is 0 Å². The molecule has 0 heterocycles. The van der Waals surface area contributed by atoms with E-state index in [1.807, 2.05) is 36.5 Å². The molecule has 3 aliphatic rings. The fourth-order valence-corrected chi connectivity index (χ4v) is 1.64. The molecule has 2 heteroatoms. The largest absolute Gasteiger partial charge is 1.00 e. The summed E-state index contributed by atoms with van der Waals surface area (Å²) >= 11 is 0. The van der Waals surface area contributed by atoms with Crippen molar-refractivity contribution >= 4 is 23.9 Å². The zero-order valence-electron chi connectivity index (χ0n) is 14.2. The standard InChI is InChI=1S/3C7H8.HI.Sn/c3*1-7-5-3-2-4-6-7;;/h3*3-5H,6H2,1H3;1H;/p-1. The minimum atomic E-state index is 0. The zero-order chi connectivity index (χ0) is 15.3. The van der Waals surface area contributed by atoms with Gasteiger partial charge >= 0.3 is 0 Å². The first-order valence-electron chi connectivity index (χ1n) is 7.38. The summed E-state index contributed by atoms with van der Waals surface area (Å²) in [7, 11) is 0. The molecule has 0 bridgehead atoms. The van der Waals surface area contributed by atoms with Crippen LogP contribution in [0.5, 0.6) is 0 Å². The molecule has 3 aliphatic carbocycles. The Kier molecular flexibility index (Phi) is 17.3. The zero-order valence-corrected chi connectivity index (χ0v) is 19.2. The second-order valence-electron chi connectivity index (χ2n) is 5.26. The third-order valence-corrected chi connectivity index (χ3v) is 3.02. The first-order valence-corrected chi connectivity index (χ1v) is 7.38. The quantitative estimate of drug-likeness (QED) is 0.261. The molecule has 4 radical (unpaired) electrons. The summed E-state index contributed by atoms with van der Waals surface area (Å²) in [5.74, 6) is 0. The maximum Gasteiger partial charge on any atom is 0 e. The minimum Gasteiger partial charge on any atom is -1.00 e. The minimum absolute atomic E-state index is 0.